The van der Waals surface area contributed by atoms with Gasteiger partial charge in [-0.1, -0.05) is 12.1 Å². The molecule has 0 aliphatic rings. The Morgan fingerprint density at radius 2 is 1.69 bits per heavy atom. The number of amides is 1. The molecular weight excluding hydrogens is 519 g/mol. The molecule has 32 heavy (non-hydrogen) atoms. The first kappa shape index (κ1) is 27.5. The summed E-state index contributed by atoms with van der Waals surface area (Å²) < 4.78 is 10.8. The molecule has 2 aromatic carbocycles. The van der Waals surface area contributed by atoms with Crippen molar-refractivity contribution in [1.82, 2.24) is 15.1 Å². The Morgan fingerprint density at radius 1 is 1.03 bits per heavy atom. The van der Waals surface area contributed by atoms with Crippen molar-refractivity contribution in [3.8, 4) is 11.5 Å². The van der Waals surface area contributed by atoms with Crippen molar-refractivity contribution in [1.29, 1.82) is 0 Å². The number of nitrogens with zero attached hydrogens (tertiary/aromatic N) is 3. The van der Waals surface area contributed by atoms with Crippen molar-refractivity contribution in [2.45, 2.75) is 26.9 Å². The van der Waals surface area contributed by atoms with E-state index >= 15 is 0 Å². The van der Waals surface area contributed by atoms with E-state index in [2.05, 4.69) is 10.3 Å². The monoisotopic (exact) mass is 554 g/mol. The van der Waals surface area contributed by atoms with E-state index in [1.54, 1.807) is 21.3 Å². The van der Waals surface area contributed by atoms with Crippen LogP contribution in [0, 0.1) is 0 Å². The molecular formula is C24H35IN4O3. The minimum Gasteiger partial charge on any atom is -0.497 e. The topological polar surface area (TPSA) is 66.4 Å². The normalized spacial score (nSPS) is 10.8. The van der Waals surface area contributed by atoms with Crippen LogP contribution < -0.4 is 14.8 Å². The zero-order chi connectivity index (χ0) is 22.8. The summed E-state index contributed by atoms with van der Waals surface area (Å²) in [6, 6.07) is 13.5. The Balaban J connectivity index is 0.00000512. The van der Waals surface area contributed by atoms with Crippen molar-refractivity contribution in [2.75, 3.05) is 41.4 Å². The molecule has 0 saturated carbocycles. The van der Waals surface area contributed by atoms with Gasteiger partial charge in [0.05, 0.1) is 14.2 Å². The first-order valence-corrected chi connectivity index (χ1v) is 10.5. The number of guanidine groups is 1. The summed E-state index contributed by atoms with van der Waals surface area (Å²) in [6.07, 6.45) is 0. The number of rotatable bonds is 9. The van der Waals surface area contributed by atoms with E-state index in [-0.39, 0.29) is 29.9 Å². The summed E-state index contributed by atoms with van der Waals surface area (Å²) >= 11 is 0. The van der Waals surface area contributed by atoms with Gasteiger partial charge < -0.3 is 24.6 Å². The smallest absolute Gasteiger partial charge is 0.253 e. The molecule has 0 unspecified atom stereocenters. The van der Waals surface area contributed by atoms with Gasteiger partial charge in [-0.25, -0.2) is 0 Å². The maximum absolute atomic E-state index is 12.5. The van der Waals surface area contributed by atoms with Gasteiger partial charge in [0.25, 0.3) is 5.91 Å². The third kappa shape index (κ3) is 7.29. The lowest BCUT2D eigenvalue weighted by atomic mass is 10.1. The van der Waals surface area contributed by atoms with E-state index in [1.807, 2.05) is 73.2 Å². The minimum atomic E-state index is 0. The number of aliphatic imine (C=N–C) groups is 1. The lowest BCUT2D eigenvalue weighted by Crippen LogP contribution is -2.38. The van der Waals surface area contributed by atoms with Crippen LogP contribution in [0.1, 0.15) is 35.3 Å². The number of halogens is 1. The van der Waals surface area contributed by atoms with Crippen molar-refractivity contribution in [3.63, 3.8) is 0 Å². The Bertz CT molecular complexity index is 883. The largest absolute Gasteiger partial charge is 0.497 e. The highest BCUT2D eigenvalue weighted by atomic mass is 127. The van der Waals surface area contributed by atoms with Gasteiger partial charge in [-0.15, -0.1) is 24.0 Å². The fourth-order valence-electron chi connectivity index (χ4n) is 3.34. The Kier molecular flexibility index (Phi) is 11.9. The molecule has 0 aliphatic heterocycles. The summed E-state index contributed by atoms with van der Waals surface area (Å²) in [7, 11) is 7.03. The molecule has 176 valence electrons. The Morgan fingerprint density at radius 3 is 2.22 bits per heavy atom. The van der Waals surface area contributed by atoms with Gasteiger partial charge in [0.1, 0.15) is 11.5 Å². The van der Waals surface area contributed by atoms with Gasteiger partial charge >= 0.3 is 0 Å². The second-order valence-electron chi connectivity index (χ2n) is 7.11. The first-order valence-electron chi connectivity index (χ1n) is 10.5. The van der Waals surface area contributed by atoms with Crippen molar-refractivity contribution in [3.05, 3.63) is 59.2 Å². The molecule has 0 heterocycles. The van der Waals surface area contributed by atoms with Gasteiger partial charge in [0, 0.05) is 57.5 Å². The number of ether oxygens (including phenoxy) is 2. The molecule has 0 saturated heterocycles. The standard InChI is InChI=1S/C24H34N4O3.HI/c1-7-28(8-2)23(29)19-11-9-18(10-12-19)16-26-24(25-3)27(4)17-20-13-14-21(30-5)15-22(20)31-6;/h9-15H,7-8,16-17H2,1-6H3,(H,25,26);1H. The van der Waals surface area contributed by atoms with Crippen LogP contribution in [-0.4, -0.2) is 63.1 Å². The SMILES string of the molecule is CCN(CC)C(=O)c1ccc(CNC(=NC)N(C)Cc2ccc(OC)cc2OC)cc1.I. The first-order chi connectivity index (χ1) is 15.0. The highest BCUT2D eigenvalue weighted by molar-refractivity contribution is 14.0. The van der Waals surface area contributed by atoms with Crippen LogP contribution in [0.2, 0.25) is 0 Å². The number of carbonyl (C=O) groups excluding carboxylic acids is 1. The average Bonchev–Trinajstić information content (AvgIpc) is 2.80. The molecule has 7 nitrogen and oxygen atoms in total. The molecule has 1 N–H and O–H groups in total. The van der Waals surface area contributed by atoms with Gasteiger partial charge in [-0.05, 0) is 43.7 Å². The number of carbonyl (C=O) groups is 1. The molecule has 0 radical (unpaired) electrons. The van der Waals surface area contributed by atoms with E-state index in [4.69, 9.17) is 9.47 Å². The summed E-state index contributed by atoms with van der Waals surface area (Å²) in [5.41, 5.74) is 2.82. The predicted molar refractivity (Wildman–Crippen MR) is 140 cm³/mol. The van der Waals surface area contributed by atoms with E-state index in [0.29, 0.717) is 31.7 Å². The number of benzene rings is 2. The lowest BCUT2D eigenvalue weighted by Gasteiger charge is -2.23. The van der Waals surface area contributed by atoms with Crippen LogP contribution in [-0.2, 0) is 13.1 Å². The van der Waals surface area contributed by atoms with Gasteiger partial charge in [-0.2, -0.15) is 0 Å². The Hall–Kier alpha value is -2.49. The summed E-state index contributed by atoms with van der Waals surface area (Å²) in [5, 5.41) is 3.37. The van der Waals surface area contributed by atoms with Crippen LogP contribution in [0.3, 0.4) is 0 Å². The summed E-state index contributed by atoms with van der Waals surface area (Å²) in [4.78, 5) is 20.7. The molecule has 0 bridgehead atoms. The maximum Gasteiger partial charge on any atom is 0.253 e. The highest BCUT2D eigenvalue weighted by Crippen LogP contribution is 2.25. The molecule has 0 aliphatic carbocycles. The van der Waals surface area contributed by atoms with Crippen molar-refractivity contribution in [2.24, 2.45) is 4.99 Å². The van der Waals surface area contributed by atoms with E-state index in [1.165, 1.54) is 0 Å². The second-order valence-corrected chi connectivity index (χ2v) is 7.11. The molecule has 1 amide bonds. The van der Waals surface area contributed by atoms with Crippen LogP contribution >= 0.6 is 24.0 Å². The van der Waals surface area contributed by atoms with Crippen LogP contribution in [0.4, 0.5) is 0 Å². The predicted octanol–water partition coefficient (Wildman–Crippen LogP) is 4.01. The summed E-state index contributed by atoms with van der Waals surface area (Å²) in [6.45, 7) is 6.63. The van der Waals surface area contributed by atoms with E-state index in [0.717, 1.165) is 28.6 Å². The van der Waals surface area contributed by atoms with Gasteiger partial charge in [-0.3, -0.25) is 9.79 Å². The third-order valence-corrected chi connectivity index (χ3v) is 5.18. The third-order valence-electron chi connectivity index (χ3n) is 5.18. The number of methoxy groups -OCH3 is 2. The quantitative estimate of drug-likeness (QED) is 0.288. The van der Waals surface area contributed by atoms with Gasteiger partial charge in [0.2, 0.25) is 0 Å². The van der Waals surface area contributed by atoms with Gasteiger partial charge in [0.15, 0.2) is 5.96 Å². The minimum absolute atomic E-state index is 0. The zero-order valence-electron chi connectivity index (χ0n) is 19.8. The fraction of sp³-hybridized carbons (Fsp3) is 0.417. The van der Waals surface area contributed by atoms with E-state index in [9.17, 15) is 4.79 Å². The zero-order valence-corrected chi connectivity index (χ0v) is 22.2. The molecule has 2 rings (SSSR count). The average molecular weight is 554 g/mol. The van der Waals surface area contributed by atoms with Crippen LogP contribution in [0.15, 0.2) is 47.5 Å². The Labute approximate surface area is 208 Å². The second kappa shape index (κ2) is 13.8. The number of hydrogen-bond donors (Lipinski definition) is 1. The van der Waals surface area contributed by atoms with Crippen molar-refractivity contribution >= 4 is 35.8 Å². The molecule has 0 aromatic heterocycles. The fourth-order valence-corrected chi connectivity index (χ4v) is 3.34. The van der Waals surface area contributed by atoms with Crippen LogP contribution in [0.25, 0.3) is 0 Å². The molecule has 8 heteroatoms. The molecule has 0 fully saturated rings. The number of nitrogens with one attached hydrogen (secondary N) is 1. The van der Waals surface area contributed by atoms with E-state index < -0.39 is 0 Å². The van der Waals surface area contributed by atoms with Crippen LogP contribution in [0.5, 0.6) is 11.5 Å². The molecule has 0 atom stereocenters. The maximum atomic E-state index is 12.5. The summed E-state index contributed by atoms with van der Waals surface area (Å²) in [5.74, 6) is 2.36. The molecule has 2 aromatic rings. The highest BCUT2D eigenvalue weighted by Gasteiger charge is 2.13. The number of hydrogen-bond acceptors (Lipinski definition) is 4. The lowest BCUT2D eigenvalue weighted by molar-refractivity contribution is 0.0773. The molecule has 0 spiro atoms. The van der Waals surface area contributed by atoms with Crippen molar-refractivity contribution < 1.29 is 14.3 Å².